The summed E-state index contributed by atoms with van der Waals surface area (Å²) in [5.74, 6) is -0.0859. The van der Waals surface area contributed by atoms with Crippen molar-refractivity contribution in [1.29, 1.82) is 0 Å². The number of anilines is 2. The van der Waals surface area contributed by atoms with E-state index in [9.17, 15) is 13.2 Å². The third-order valence-electron chi connectivity index (χ3n) is 4.08. The van der Waals surface area contributed by atoms with Gasteiger partial charge in [0.1, 0.15) is 0 Å². The van der Waals surface area contributed by atoms with Gasteiger partial charge in [0.2, 0.25) is 15.9 Å². The van der Waals surface area contributed by atoms with Crippen molar-refractivity contribution in [2.24, 2.45) is 0 Å². The van der Waals surface area contributed by atoms with E-state index < -0.39 is 10.0 Å². The summed E-state index contributed by atoms with van der Waals surface area (Å²) in [6, 6.07) is 13.7. The fourth-order valence-electron chi connectivity index (χ4n) is 2.82. The number of benzene rings is 2. The molecule has 0 radical (unpaired) electrons. The number of sulfonamides is 1. The number of nitrogens with zero attached hydrogens (tertiary/aromatic N) is 1. The molecule has 2 aromatic rings. The molecule has 1 fully saturated rings. The Morgan fingerprint density at radius 1 is 1.04 bits per heavy atom. The molecule has 0 spiro atoms. The normalized spacial score (nSPS) is 15.2. The zero-order valence-corrected chi connectivity index (χ0v) is 15.2. The number of rotatable bonds is 5. The summed E-state index contributed by atoms with van der Waals surface area (Å²) in [4.78, 5) is 13.7. The number of nitrogens with one attached hydrogen (secondary N) is 1. The zero-order chi connectivity index (χ0) is 17.9. The number of carbonyl (C=O) groups is 1. The molecule has 1 heterocycles. The molecule has 25 heavy (non-hydrogen) atoms. The largest absolute Gasteiger partial charge is 0.312 e. The summed E-state index contributed by atoms with van der Waals surface area (Å²) in [6.45, 7) is 0.705. The predicted molar refractivity (Wildman–Crippen MR) is 100 cm³/mol. The average molecular weight is 379 g/mol. The highest BCUT2D eigenvalue weighted by Crippen LogP contribution is 2.24. The molecule has 2 aromatic carbocycles. The van der Waals surface area contributed by atoms with E-state index in [1.54, 1.807) is 53.4 Å². The van der Waals surface area contributed by atoms with Gasteiger partial charge in [-0.2, -0.15) is 0 Å². The van der Waals surface area contributed by atoms with E-state index in [2.05, 4.69) is 4.72 Å². The molecule has 3 rings (SSSR count). The Bertz CT molecular complexity index is 866. The standard InChI is InChI=1S/C18H19ClN2O3S/c19-17-6-2-1-5-14(17)13-25(23,24)20-15-8-10-16(11-9-15)21-12-4-3-7-18(21)22/h1-2,5-6,8-11,20H,3-4,7,12-13H2. The topological polar surface area (TPSA) is 66.5 Å². The third-order valence-corrected chi connectivity index (χ3v) is 5.69. The Kier molecular flexibility index (Phi) is 5.30. The molecule has 0 bridgehead atoms. The van der Waals surface area contributed by atoms with Crippen LogP contribution in [-0.4, -0.2) is 20.9 Å². The Morgan fingerprint density at radius 3 is 2.44 bits per heavy atom. The molecule has 1 aliphatic heterocycles. The van der Waals surface area contributed by atoms with E-state index in [1.165, 1.54) is 0 Å². The first-order chi connectivity index (χ1) is 11.9. The molecule has 132 valence electrons. The molecular formula is C18H19ClN2O3S. The van der Waals surface area contributed by atoms with Gasteiger partial charge in [-0.15, -0.1) is 0 Å². The fourth-order valence-corrected chi connectivity index (χ4v) is 4.33. The van der Waals surface area contributed by atoms with Crippen molar-refractivity contribution in [1.82, 2.24) is 0 Å². The van der Waals surface area contributed by atoms with Gasteiger partial charge >= 0.3 is 0 Å². The van der Waals surface area contributed by atoms with Gasteiger partial charge in [0.05, 0.1) is 5.75 Å². The minimum atomic E-state index is -3.57. The summed E-state index contributed by atoms with van der Waals surface area (Å²) in [5, 5.41) is 0.423. The monoisotopic (exact) mass is 378 g/mol. The highest BCUT2D eigenvalue weighted by Gasteiger charge is 2.20. The molecule has 1 N–H and O–H groups in total. The van der Waals surface area contributed by atoms with Crippen LogP contribution in [0.5, 0.6) is 0 Å². The molecule has 5 nitrogen and oxygen atoms in total. The average Bonchev–Trinajstić information content (AvgIpc) is 2.58. The number of piperidine rings is 1. The van der Waals surface area contributed by atoms with Crippen LogP contribution in [-0.2, 0) is 20.6 Å². The van der Waals surface area contributed by atoms with Crippen LogP contribution in [0.2, 0.25) is 5.02 Å². The van der Waals surface area contributed by atoms with E-state index in [4.69, 9.17) is 11.6 Å². The van der Waals surface area contributed by atoms with Gasteiger partial charge in [0, 0.05) is 29.4 Å². The van der Waals surface area contributed by atoms with Gasteiger partial charge in [-0.05, 0) is 48.7 Å². The quantitative estimate of drug-likeness (QED) is 0.860. The summed E-state index contributed by atoms with van der Waals surface area (Å²) >= 11 is 6.02. The van der Waals surface area contributed by atoms with Gasteiger partial charge in [0.15, 0.2) is 0 Å². The van der Waals surface area contributed by atoms with Crippen LogP contribution in [0.25, 0.3) is 0 Å². The van der Waals surface area contributed by atoms with Crippen molar-refractivity contribution < 1.29 is 13.2 Å². The highest BCUT2D eigenvalue weighted by atomic mass is 35.5. The molecule has 0 aliphatic carbocycles. The summed E-state index contributed by atoms with van der Waals surface area (Å²) < 4.78 is 27.2. The van der Waals surface area contributed by atoms with Gasteiger partial charge < -0.3 is 4.90 Å². The third kappa shape index (κ3) is 4.52. The smallest absolute Gasteiger partial charge is 0.236 e. The second kappa shape index (κ2) is 7.45. The number of hydrogen-bond acceptors (Lipinski definition) is 3. The van der Waals surface area contributed by atoms with Crippen LogP contribution >= 0.6 is 11.6 Å². The zero-order valence-electron chi connectivity index (χ0n) is 13.6. The predicted octanol–water partition coefficient (Wildman–Crippen LogP) is 3.80. The lowest BCUT2D eigenvalue weighted by molar-refractivity contribution is -0.119. The maximum atomic E-state index is 12.3. The van der Waals surface area contributed by atoms with Gasteiger partial charge in [-0.3, -0.25) is 9.52 Å². The lowest BCUT2D eigenvalue weighted by Crippen LogP contribution is -2.35. The van der Waals surface area contributed by atoms with Crippen LogP contribution in [0.3, 0.4) is 0 Å². The molecule has 0 saturated carbocycles. The van der Waals surface area contributed by atoms with Gasteiger partial charge in [-0.25, -0.2) is 8.42 Å². The second-order valence-electron chi connectivity index (χ2n) is 6.00. The van der Waals surface area contributed by atoms with Gasteiger partial charge in [-0.1, -0.05) is 29.8 Å². The first kappa shape index (κ1) is 17.8. The molecule has 1 saturated heterocycles. The SMILES string of the molecule is O=C1CCCCN1c1ccc(NS(=O)(=O)Cc2ccccc2Cl)cc1. The van der Waals surface area contributed by atoms with Crippen LogP contribution in [0.1, 0.15) is 24.8 Å². The van der Waals surface area contributed by atoms with Crippen molar-refractivity contribution in [2.75, 3.05) is 16.2 Å². The van der Waals surface area contributed by atoms with E-state index in [0.29, 0.717) is 29.2 Å². The number of halogens is 1. The first-order valence-corrected chi connectivity index (χ1v) is 10.1. The van der Waals surface area contributed by atoms with Crippen LogP contribution < -0.4 is 9.62 Å². The molecule has 1 aliphatic rings. The Labute approximate surface area is 152 Å². The lowest BCUT2D eigenvalue weighted by Gasteiger charge is -2.26. The van der Waals surface area contributed by atoms with E-state index in [1.807, 2.05) is 0 Å². The van der Waals surface area contributed by atoms with E-state index in [-0.39, 0.29) is 11.7 Å². The minimum absolute atomic E-state index is 0.110. The van der Waals surface area contributed by atoms with Crippen molar-refractivity contribution in [3.05, 3.63) is 59.1 Å². The molecule has 0 atom stereocenters. The molecule has 1 amide bonds. The summed E-state index contributed by atoms with van der Waals surface area (Å²) in [7, 11) is -3.57. The van der Waals surface area contributed by atoms with Crippen molar-refractivity contribution in [2.45, 2.75) is 25.0 Å². The molecule has 0 aromatic heterocycles. The minimum Gasteiger partial charge on any atom is -0.312 e. The highest BCUT2D eigenvalue weighted by molar-refractivity contribution is 7.91. The second-order valence-corrected chi connectivity index (χ2v) is 8.13. The fraction of sp³-hybridized carbons (Fsp3) is 0.278. The Hall–Kier alpha value is -2.05. The van der Waals surface area contributed by atoms with Crippen molar-refractivity contribution in [3.8, 4) is 0 Å². The molecule has 7 heteroatoms. The molecule has 0 unspecified atom stereocenters. The number of amides is 1. The maximum absolute atomic E-state index is 12.3. The summed E-state index contributed by atoms with van der Waals surface area (Å²) in [5.41, 5.74) is 1.80. The number of hydrogen-bond donors (Lipinski definition) is 1. The van der Waals surface area contributed by atoms with E-state index >= 15 is 0 Å². The number of carbonyl (C=O) groups excluding carboxylic acids is 1. The summed E-state index contributed by atoms with van der Waals surface area (Å²) in [6.07, 6.45) is 2.47. The Morgan fingerprint density at radius 2 is 1.76 bits per heavy atom. The Balaban J connectivity index is 1.70. The first-order valence-electron chi connectivity index (χ1n) is 8.09. The van der Waals surface area contributed by atoms with Crippen LogP contribution in [0.15, 0.2) is 48.5 Å². The van der Waals surface area contributed by atoms with Crippen molar-refractivity contribution >= 4 is 38.9 Å². The van der Waals surface area contributed by atoms with E-state index in [0.717, 1.165) is 18.5 Å². The lowest BCUT2D eigenvalue weighted by atomic mass is 10.1. The van der Waals surface area contributed by atoms with Crippen LogP contribution in [0, 0.1) is 0 Å². The van der Waals surface area contributed by atoms with Crippen LogP contribution in [0.4, 0.5) is 11.4 Å². The maximum Gasteiger partial charge on any atom is 0.236 e. The molecular weight excluding hydrogens is 360 g/mol. The van der Waals surface area contributed by atoms with Gasteiger partial charge in [0.25, 0.3) is 0 Å². The van der Waals surface area contributed by atoms with Crippen molar-refractivity contribution in [3.63, 3.8) is 0 Å².